The first-order valence-corrected chi connectivity index (χ1v) is 5.13. The minimum absolute atomic E-state index is 0. The van der Waals surface area contributed by atoms with Crippen molar-refractivity contribution in [3.05, 3.63) is 0 Å². The number of phosphoric acid groups is 1. The molecule has 1 aliphatic rings. The number of phosphoric ester groups is 1. The van der Waals surface area contributed by atoms with Crippen molar-refractivity contribution in [2.24, 2.45) is 0 Å². The Morgan fingerprint density at radius 1 is 1.19 bits per heavy atom. The quantitative estimate of drug-likeness (QED) is 0.340. The third-order valence-corrected chi connectivity index (χ3v) is 2.20. The smallest absolute Gasteiger partial charge is 0.790 e. The van der Waals surface area contributed by atoms with Gasteiger partial charge in [0.25, 0.3) is 0 Å². The van der Waals surface area contributed by atoms with Crippen molar-refractivity contribution >= 4 is 7.82 Å². The van der Waals surface area contributed by atoms with Gasteiger partial charge < -0.3 is 38.9 Å². The van der Waals surface area contributed by atoms with E-state index in [1.807, 2.05) is 0 Å². The standard InChI is InChI=1S/C5H11O8P.2Na/c6-3-2(1-12-14(9,10)11)13-5(8)4(3)7;;/h2-8H,1H2,(H2,9,10,11);;/q;2*+1/p-2/t2-,3-,4-,5?;;/m1../s1. The Morgan fingerprint density at radius 2 is 1.69 bits per heavy atom. The van der Waals surface area contributed by atoms with E-state index >= 15 is 0 Å². The number of hydrogen-bond donors (Lipinski definition) is 3. The summed E-state index contributed by atoms with van der Waals surface area (Å²) < 4.78 is 18.4. The van der Waals surface area contributed by atoms with Crippen LogP contribution in [0.2, 0.25) is 0 Å². The molecule has 1 rings (SSSR count). The second-order valence-corrected chi connectivity index (χ2v) is 3.94. The largest absolute Gasteiger partial charge is 1.00 e. The molecule has 1 heterocycles. The first kappa shape index (κ1) is 20.3. The summed E-state index contributed by atoms with van der Waals surface area (Å²) in [5, 5.41) is 26.9. The molecule has 0 amide bonds. The molecule has 0 aromatic rings. The summed E-state index contributed by atoms with van der Waals surface area (Å²) >= 11 is 0. The van der Waals surface area contributed by atoms with Crippen LogP contribution in [0, 0.1) is 0 Å². The van der Waals surface area contributed by atoms with Crippen LogP contribution < -0.4 is 68.9 Å². The van der Waals surface area contributed by atoms with Crippen LogP contribution in [0.3, 0.4) is 0 Å². The number of rotatable bonds is 3. The van der Waals surface area contributed by atoms with Crippen molar-refractivity contribution in [3.63, 3.8) is 0 Å². The molecule has 1 saturated heterocycles. The van der Waals surface area contributed by atoms with Gasteiger partial charge in [-0.05, 0) is 0 Å². The molecular formula is C5H9Na2O8P. The molecule has 0 bridgehead atoms. The van der Waals surface area contributed by atoms with Crippen molar-refractivity contribution in [1.82, 2.24) is 0 Å². The van der Waals surface area contributed by atoms with E-state index in [2.05, 4.69) is 9.26 Å². The van der Waals surface area contributed by atoms with E-state index in [1.165, 1.54) is 0 Å². The Balaban J connectivity index is 0. The SMILES string of the molecule is O=P([O-])([O-])OC[C@H]1OC(O)[C@H](O)[C@@H]1O.[Na+].[Na+]. The van der Waals surface area contributed by atoms with Crippen LogP contribution in [0.5, 0.6) is 0 Å². The average Bonchev–Trinajstić information content (AvgIpc) is 2.28. The molecule has 1 unspecified atom stereocenters. The van der Waals surface area contributed by atoms with Gasteiger partial charge in [-0.1, -0.05) is 0 Å². The Kier molecular flexibility index (Phi) is 10.4. The number of aliphatic hydroxyl groups excluding tert-OH is 3. The first-order valence-electron chi connectivity index (χ1n) is 3.67. The van der Waals surface area contributed by atoms with E-state index in [4.69, 9.17) is 15.3 Å². The second-order valence-electron chi connectivity index (χ2n) is 2.79. The minimum atomic E-state index is -5.14. The maximum absolute atomic E-state index is 10.0. The molecule has 0 radical (unpaired) electrons. The number of aliphatic hydroxyl groups is 3. The van der Waals surface area contributed by atoms with Crippen molar-refractivity contribution in [2.75, 3.05) is 6.61 Å². The van der Waals surface area contributed by atoms with Crippen LogP contribution in [0.4, 0.5) is 0 Å². The summed E-state index contributed by atoms with van der Waals surface area (Å²) in [6.45, 7) is -0.737. The van der Waals surface area contributed by atoms with E-state index < -0.39 is 39.0 Å². The first-order chi connectivity index (χ1) is 6.31. The molecular weight excluding hydrogens is 265 g/mol. The molecule has 0 spiro atoms. The second kappa shape index (κ2) is 8.19. The Morgan fingerprint density at radius 3 is 2.00 bits per heavy atom. The van der Waals surface area contributed by atoms with E-state index in [0.717, 1.165) is 0 Å². The summed E-state index contributed by atoms with van der Waals surface area (Å²) in [4.78, 5) is 20.1. The van der Waals surface area contributed by atoms with Crippen LogP contribution in [-0.2, 0) is 13.8 Å². The fraction of sp³-hybridized carbons (Fsp3) is 1.00. The maximum Gasteiger partial charge on any atom is 1.00 e. The molecule has 1 aliphatic heterocycles. The van der Waals surface area contributed by atoms with E-state index in [-0.39, 0.29) is 59.1 Å². The van der Waals surface area contributed by atoms with Gasteiger partial charge in [-0.15, -0.1) is 0 Å². The molecule has 11 heteroatoms. The third-order valence-electron chi connectivity index (χ3n) is 1.73. The van der Waals surface area contributed by atoms with E-state index in [9.17, 15) is 14.4 Å². The zero-order chi connectivity index (χ0) is 10.9. The van der Waals surface area contributed by atoms with Gasteiger partial charge in [0, 0.05) is 0 Å². The van der Waals surface area contributed by atoms with Crippen molar-refractivity contribution in [3.8, 4) is 0 Å². The minimum Gasteiger partial charge on any atom is -0.790 e. The average molecular weight is 274 g/mol. The van der Waals surface area contributed by atoms with Crippen LogP contribution in [0.1, 0.15) is 0 Å². The molecule has 84 valence electrons. The zero-order valence-electron chi connectivity index (χ0n) is 8.85. The van der Waals surface area contributed by atoms with Gasteiger partial charge in [-0.25, -0.2) is 0 Å². The molecule has 16 heavy (non-hydrogen) atoms. The Bertz CT molecular complexity index is 247. The fourth-order valence-electron chi connectivity index (χ4n) is 1.03. The zero-order valence-corrected chi connectivity index (χ0v) is 13.7. The summed E-state index contributed by atoms with van der Waals surface area (Å²) in [5.41, 5.74) is 0. The molecule has 8 nitrogen and oxygen atoms in total. The van der Waals surface area contributed by atoms with Gasteiger partial charge >= 0.3 is 59.1 Å². The summed E-state index contributed by atoms with van der Waals surface area (Å²) in [6.07, 6.45) is -5.88. The normalized spacial score (nSPS) is 34.1. The number of hydrogen-bond acceptors (Lipinski definition) is 8. The van der Waals surface area contributed by atoms with Crippen LogP contribution >= 0.6 is 7.82 Å². The van der Waals surface area contributed by atoms with Crippen molar-refractivity contribution < 1.29 is 98.0 Å². The van der Waals surface area contributed by atoms with Crippen LogP contribution in [-0.4, -0.2) is 46.5 Å². The van der Waals surface area contributed by atoms with Gasteiger partial charge in [0.05, 0.1) is 14.4 Å². The predicted octanol–water partition coefficient (Wildman–Crippen LogP) is -9.72. The van der Waals surface area contributed by atoms with Gasteiger partial charge in [0.2, 0.25) is 0 Å². The van der Waals surface area contributed by atoms with Gasteiger partial charge in [0.15, 0.2) is 6.29 Å². The molecule has 1 fully saturated rings. The fourth-order valence-corrected chi connectivity index (χ4v) is 1.36. The van der Waals surface area contributed by atoms with Crippen LogP contribution in [0.15, 0.2) is 0 Å². The summed E-state index contributed by atoms with van der Waals surface area (Å²) in [5.74, 6) is 0. The van der Waals surface area contributed by atoms with Crippen molar-refractivity contribution in [2.45, 2.75) is 24.6 Å². The topological polar surface area (TPSA) is 142 Å². The van der Waals surface area contributed by atoms with E-state index in [0.29, 0.717) is 0 Å². The van der Waals surface area contributed by atoms with Crippen LogP contribution in [0.25, 0.3) is 0 Å². The third kappa shape index (κ3) is 6.21. The maximum atomic E-state index is 10.0. The molecule has 0 aromatic carbocycles. The van der Waals surface area contributed by atoms with Gasteiger partial charge in [0.1, 0.15) is 18.3 Å². The monoisotopic (exact) mass is 274 g/mol. The van der Waals surface area contributed by atoms with Gasteiger partial charge in [-0.3, -0.25) is 0 Å². The summed E-state index contributed by atoms with van der Waals surface area (Å²) in [6, 6.07) is 0. The Labute approximate surface area is 136 Å². The summed E-state index contributed by atoms with van der Waals surface area (Å²) in [7, 11) is -5.14. The van der Waals surface area contributed by atoms with Crippen molar-refractivity contribution in [1.29, 1.82) is 0 Å². The molecule has 0 saturated carbocycles. The number of ether oxygens (including phenoxy) is 1. The molecule has 0 aliphatic carbocycles. The molecule has 0 aromatic heterocycles. The van der Waals surface area contributed by atoms with E-state index in [1.54, 1.807) is 0 Å². The predicted molar refractivity (Wildman–Crippen MR) is 36.5 cm³/mol. The molecule has 4 atom stereocenters. The van der Waals surface area contributed by atoms with Gasteiger partial charge in [-0.2, -0.15) is 0 Å². The Hall–Kier alpha value is 1.95. The molecule has 3 N–H and O–H groups in total.